The van der Waals surface area contributed by atoms with Crippen molar-refractivity contribution < 1.29 is 14.3 Å². The van der Waals surface area contributed by atoms with Crippen molar-refractivity contribution in [3.05, 3.63) is 58.1 Å². The van der Waals surface area contributed by atoms with Crippen LogP contribution in [0.25, 0.3) is 0 Å². The lowest BCUT2D eigenvalue weighted by molar-refractivity contribution is -0.145. The van der Waals surface area contributed by atoms with E-state index in [9.17, 15) is 4.79 Å². The smallest absolute Gasteiger partial charge is 0.317 e. The van der Waals surface area contributed by atoms with E-state index < -0.39 is 5.41 Å². The Hall–Kier alpha value is -2.00. The Morgan fingerprint density at radius 2 is 1.47 bits per heavy atom. The molecular formula is C26H35ClO3. The third kappa shape index (κ3) is 6.01. The molecule has 0 saturated carbocycles. The molecule has 0 N–H and O–H groups in total. The summed E-state index contributed by atoms with van der Waals surface area (Å²) in [6, 6.07) is 11.9. The molecule has 3 nitrogen and oxygen atoms in total. The van der Waals surface area contributed by atoms with Gasteiger partial charge in [-0.1, -0.05) is 50.6 Å². The number of hydrogen-bond acceptors (Lipinski definition) is 3. The molecular weight excluding hydrogens is 396 g/mol. The Morgan fingerprint density at radius 3 is 1.97 bits per heavy atom. The average molecular weight is 431 g/mol. The summed E-state index contributed by atoms with van der Waals surface area (Å²) in [5, 5.41) is 0.620. The summed E-state index contributed by atoms with van der Waals surface area (Å²) in [6.45, 7) is 14.2. The molecule has 30 heavy (non-hydrogen) atoms. The number of hydrogen-bond donors (Lipinski definition) is 0. The van der Waals surface area contributed by atoms with Crippen molar-refractivity contribution >= 4 is 17.6 Å². The summed E-state index contributed by atoms with van der Waals surface area (Å²) < 4.78 is 11.7. The predicted molar refractivity (Wildman–Crippen MR) is 125 cm³/mol. The van der Waals surface area contributed by atoms with Gasteiger partial charge in [-0.15, -0.1) is 0 Å². The second kappa shape index (κ2) is 9.87. The van der Waals surface area contributed by atoms with Gasteiger partial charge in [0.05, 0.1) is 10.4 Å². The molecule has 2 rings (SSSR count). The number of aryl methyl sites for hydroxylation is 1. The van der Waals surface area contributed by atoms with Gasteiger partial charge in [-0.2, -0.15) is 0 Å². The lowest BCUT2D eigenvalue weighted by Crippen LogP contribution is -2.30. The minimum absolute atomic E-state index is 0.166. The SMILES string of the molecule is CCC(C)(C)Oc1ccc(Cc2ccc(OC(=O)C(C)(CC)CC)c(C)c2)cc1Cl. The van der Waals surface area contributed by atoms with E-state index in [2.05, 4.69) is 26.8 Å². The van der Waals surface area contributed by atoms with Crippen molar-refractivity contribution in [2.75, 3.05) is 0 Å². The van der Waals surface area contributed by atoms with E-state index in [-0.39, 0.29) is 11.6 Å². The van der Waals surface area contributed by atoms with Crippen molar-refractivity contribution in [2.24, 2.45) is 5.41 Å². The van der Waals surface area contributed by atoms with E-state index >= 15 is 0 Å². The first-order valence-electron chi connectivity index (χ1n) is 10.8. The van der Waals surface area contributed by atoms with E-state index in [0.717, 1.165) is 42.4 Å². The maximum Gasteiger partial charge on any atom is 0.317 e. The number of rotatable bonds is 9. The number of esters is 1. The zero-order chi connectivity index (χ0) is 22.5. The van der Waals surface area contributed by atoms with Crippen LogP contribution < -0.4 is 9.47 Å². The van der Waals surface area contributed by atoms with Crippen LogP contribution in [-0.4, -0.2) is 11.6 Å². The predicted octanol–water partition coefficient (Wildman–Crippen LogP) is 7.54. The van der Waals surface area contributed by atoms with Gasteiger partial charge in [0.25, 0.3) is 0 Å². The Balaban J connectivity index is 2.12. The lowest BCUT2D eigenvalue weighted by Gasteiger charge is -2.25. The van der Waals surface area contributed by atoms with Gasteiger partial charge >= 0.3 is 5.97 Å². The summed E-state index contributed by atoms with van der Waals surface area (Å²) in [5.41, 5.74) is 2.50. The highest BCUT2D eigenvalue weighted by Crippen LogP contribution is 2.32. The summed E-state index contributed by atoms with van der Waals surface area (Å²) in [7, 11) is 0. The Morgan fingerprint density at radius 1 is 0.900 bits per heavy atom. The quantitative estimate of drug-likeness (QED) is 0.304. The molecule has 4 heteroatoms. The molecule has 0 spiro atoms. The van der Waals surface area contributed by atoms with Gasteiger partial charge in [-0.25, -0.2) is 0 Å². The zero-order valence-corrected chi connectivity index (χ0v) is 20.2. The summed E-state index contributed by atoms with van der Waals surface area (Å²) in [5.74, 6) is 1.17. The van der Waals surface area contributed by atoms with E-state index in [1.54, 1.807) is 0 Å². The van der Waals surface area contributed by atoms with Crippen molar-refractivity contribution in [2.45, 2.75) is 79.8 Å². The van der Waals surface area contributed by atoms with Crippen LogP contribution >= 0.6 is 11.6 Å². The molecule has 0 aromatic heterocycles. The molecule has 0 aliphatic heterocycles. The third-order valence-corrected chi connectivity index (χ3v) is 6.43. The first-order valence-corrected chi connectivity index (χ1v) is 11.2. The first kappa shape index (κ1) is 24.3. The average Bonchev–Trinajstić information content (AvgIpc) is 2.71. The van der Waals surface area contributed by atoms with E-state index in [0.29, 0.717) is 16.5 Å². The molecule has 0 atom stereocenters. The molecule has 0 bridgehead atoms. The van der Waals surface area contributed by atoms with Crippen LogP contribution in [0.1, 0.15) is 77.5 Å². The Bertz CT molecular complexity index is 882. The molecule has 164 valence electrons. The standard InChI is InChI=1S/C26H35ClO3/c1-8-25(5,6)30-23-14-12-20(17-21(23)27)16-19-11-13-22(18(4)15-19)29-24(28)26(7,9-2)10-3/h11-15,17H,8-10,16H2,1-7H3. The number of carbonyl (C=O) groups is 1. The number of carbonyl (C=O) groups excluding carboxylic acids is 1. The van der Waals surface area contributed by atoms with Gasteiger partial charge in [0.2, 0.25) is 0 Å². The highest BCUT2D eigenvalue weighted by molar-refractivity contribution is 6.32. The topological polar surface area (TPSA) is 35.5 Å². The second-order valence-corrected chi connectivity index (χ2v) is 9.32. The van der Waals surface area contributed by atoms with Gasteiger partial charge < -0.3 is 9.47 Å². The van der Waals surface area contributed by atoms with Crippen LogP contribution in [0.15, 0.2) is 36.4 Å². The molecule has 2 aromatic carbocycles. The van der Waals surface area contributed by atoms with Crippen LogP contribution in [-0.2, 0) is 11.2 Å². The van der Waals surface area contributed by atoms with Gasteiger partial charge in [0.1, 0.15) is 17.1 Å². The molecule has 0 fully saturated rings. The van der Waals surface area contributed by atoms with Crippen molar-refractivity contribution in [1.82, 2.24) is 0 Å². The van der Waals surface area contributed by atoms with Crippen molar-refractivity contribution in [3.8, 4) is 11.5 Å². The number of benzene rings is 2. The summed E-state index contributed by atoms with van der Waals surface area (Å²) in [4.78, 5) is 12.6. The molecule has 0 aliphatic carbocycles. The molecule has 0 saturated heterocycles. The zero-order valence-electron chi connectivity index (χ0n) is 19.4. The van der Waals surface area contributed by atoms with Gasteiger partial charge in [0, 0.05) is 0 Å². The van der Waals surface area contributed by atoms with E-state index in [1.807, 2.05) is 58.0 Å². The van der Waals surface area contributed by atoms with E-state index in [1.165, 1.54) is 0 Å². The molecule has 0 aliphatic rings. The molecule has 0 amide bonds. The van der Waals surface area contributed by atoms with Crippen LogP contribution in [0.2, 0.25) is 5.02 Å². The molecule has 0 radical (unpaired) electrons. The number of halogens is 1. The summed E-state index contributed by atoms with van der Waals surface area (Å²) >= 11 is 6.46. The molecule has 2 aromatic rings. The highest BCUT2D eigenvalue weighted by Gasteiger charge is 2.31. The highest BCUT2D eigenvalue weighted by atomic mass is 35.5. The Kier molecular flexibility index (Phi) is 7.99. The van der Waals surface area contributed by atoms with E-state index in [4.69, 9.17) is 21.1 Å². The largest absolute Gasteiger partial charge is 0.486 e. The first-order chi connectivity index (χ1) is 14.0. The van der Waals surface area contributed by atoms with Crippen LogP contribution in [0.5, 0.6) is 11.5 Å². The Labute approximate surface area is 186 Å². The molecule has 0 heterocycles. The van der Waals surface area contributed by atoms with Crippen LogP contribution in [0.3, 0.4) is 0 Å². The van der Waals surface area contributed by atoms with Crippen molar-refractivity contribution in [1.29, 1.82) is 0 Å². The fraction of sp³-hybridized carbons (Fsp3) is 0.500. The fourth-order valence-electron chi connectivity index (χ4n) is 3.04. The lowest BCUT2D eigenvalue weighted by atomic mass is 9.85. The third-order valence-electron chi connectivity index (χ3n) is 6.14. The summed E-state index contributed by atoms with van der Waals surface area (Å²) in [6.07, 6.45) is 3.16. The van der Waals surface area contributed by atoms with Gasteiger partial charge in [-0.05, 0) is 88.3 Å². The van der Waals surface area contributed by atoms with Crippen LogP contribution in [0.4, 0.5) is 0 Å². The fourth-order valence-corrected chi connectivity index (χ4v) is 3.28. The second-order valence-electron chi connectivity index (χ2n) is 8.91. The normalized spacial score (nSPS) is 12.0. The minimum Gasteiger partial charge on any atom is -0.486 e. The van der Waals surface area contributed by atoms with Crippen LogP contribution in [0, 0.1) is 12.3 Å². The van der Waals surface area contributed by atoms with Gasteiger partial charge in [-0.3, -0.25) is 4.79 Å². The van der Waals surface area contributed by atoms with Crippen molar-refractivity contribution in [3.63, 3.8) is 0 Å². The maximum atomic E-state index is 12.6. The monoisotopic (exact) mass is 430 g/mol. The minimum atomic E-state index is -0.446. The number of ether oxygens (including phenoxy) is 2. The molecule has 0 unspecified atom stereocenters. The van der Waals surface area contributed by atoms with Gasteiger partial charge in [0.15, 0.2) is 0 Å². The maximum absolute atomic E-state index is 12.6.